The lowest BCUT2D eigenvalue weighted by Crippen LogP contribution is -2.58. The quantitative estimate of drug-likeness (QED) is 0.788. The van der Waals surface area contributed by atoms with E-state index in [-0.39, 0.29) is 0 Å². The molecule has 0 amide bonds. The van der Waals surface area contributed by atoms with Crippen molar-refractivity contribution in [2.75, 3.05) is 31.6 Å². The van der Waals surface area contributed by atoms with Gasteiger partial charge in [0.15, 0.2) is 0 Å². The number of rotatable bonds is 6. The van der Waals surface area contributed by atoms with Crippen molar-refractivity contribution in [1.29, 1.82) is 0 Å². The lowest BCUT2D eigenvalue weighted by molar-refractivity contribution is 0.107. The minimum absolute atomic E-state index is 0.692. The van der Waals surface area contributed by atoms with Crippen molar-refractivity contribution in [3.63, 3.8) is 0 Å². The van der Waals surface area contributed by atoms with Crippen molar-refractivity contribution in [3.8, 4) is 0 Å². The molecular weight excluding hydrogens is 228 g/mol. The van der Waals surface area contributed by atoms with Crippen molar-refractivity contribution in [3.05, 3.63) is 0 Å². The lowest BCUT2D eigenvalue weighted by Gasteiger charge is -2.42. The van der Waals surface area contributed by atoms with Gasteiger partial charge in [-0.15, -0.1) is 0 Å². The van der Waals surface area contributed by atoms with E-state index in [1.54, 1.807) is 0 Å². The molecule has 0 bridgehead atoms. The fourth-order valence-corrected chi connectivity index (χ4v) is 3.28. The van der Waals surface area contributed by atoms with E-state index < -0.39 is 0 Å². The Kier molecular flexibility index (Phi) is 6.90. The van der Waals surface area contributed by atoms with Gasteiger partial charge in [0.05, 0.1) is 0 Å². The summed E-state index contributed by atoms with van der Waals surface area (Å²) < 4.78 is 0. The molecule has 1 rings (SSSR count). The summed E-state index contributed by atoms with van der Waals surface area (Å²) >= 11 is 1.97. The molecule has 0 aliphatic carbocycles. The third-order valence-electron chi connectivity index (χ3n) is 4.06. The molecule has 4 unspecified atom stereocenters. The van der Waals surface area contributed by atoms with E-state index in [0.717, 1.165) is 18.4 Å². The third-order valence-corrected chi connectivity index (χ3v) is 4.96. The Labute approximate surface area is 112 Å². The average Bonchev–Trinajstić information content (AvgIpc) is 2.31. The highest BCUT2D eigenvalue weighted by Gasteiger charge is 2.28. The Morgan fingerprint density at radius 3 is 2.71 bits per heavy atom. The monoisotopic (exact) mass is 258 g/mol. The zero-order valence-corrected chi connectivity index (χ0v) is 13.0. The summed E-state index contributed by atoms with van der Waals surface area (Å²) in [6.45, 7) is 13.0. The van der Waals surface area contributed by atoms with Gasteiger partial charge < -0.3 is 5.32 Å². The Bertz CT molecular complexity index is 210. The van der Waals surface area contributed by atoms with E-state index in [1.807, 2.05) is 11.8 Å². The van der Waals surface area contributed by atoms with Crippen LogP contribution in [-0.2, 0) is 0 Å². The fourth-order valence-electron chi connectivity index (χ4n) is 2.61. The Hall–Kier alpha value is 0.270. The molecule has 0 saturated carbocycles. The maximum absolute atomic E-state index is 3.71. The predicted molar refractivity (Wildman–Crippen MR) is 79.8 cm³/mol. The zero-order chi connectivity index (χ0) is 12.8. The molecule has 2 nitrogen and oxygen atoms in total. The largest absolute Gasteiger partial charge is 0.311 e. The van der Waals surface area contributed by atoms with Crippen LogP contribution in [0.15, 0.2) is 0 Å². The smallest absolute Gasteiger partial charge is 0.0221 e. The molecule has 0 aromatic rings. The molecule has 3 heteroatoms. The topological polar surface area (TPSA) is 15.3 Å². The van der Waals surface area contributed by atoms with Gasteiger partial charge in [0.25, 0.3) is 0 Å². The van der Waals surface area contributed by atoms with Crippen molar-refractivity contribution < 1.29 is 0 Å². The van der Waals surface area contributed by atoms with Crippen molar-refractivity contribution in [2.45, 2.75) is 46.2 Å². The van der Waals surface area contributed by atoms with Crippen LogP contribution in [-0.4, -0.2) is 48.6 Å². The van der Waals surface area contributed by atoms with Crippen LogP contribution in [0.25, 0.3) is 0 Å². The van der Waals surface area contributed by atoms with Gasteiger partial charge in [0, 0.05) is 31.7 Å². The highest BCUT2D eigenvalue weighted by atomic mass is 32.2. The molecule has 1 heterocycles. The Morgan fingerprint density at radius 1 is 1.41 bits per heavy atom. The van der Waals surface area contributed by atoms with Crippen LogP contribution in [0, 0.1) is 11.8 Å². The minimum atomic E-state index is 0.692. The molecule has 1 saturated heterocycles. The number of nitrogens with zero attached hydrogens (tertiary/aromatic N) is 1. The summed E-state index contributed by atoms with van der Waals surface area (Å²) in [5, 5.41) is 3.71. The minimum Gasteiger partial charge on any atom is -0.311 e. The summed E-state index contributed by atoms with van der Waals surface area (Å²) in [5.41, 5.74) is 0. The summed E-state index contributed by atoms with van der Waals surface area (Å²) in [5.74, 6) is 2.88. The molecule has 1 aliphatic heterocycles. The Balaban J connectivity index is 2.45. The lowest BCUT2D eigenvalue weighted by atomic mass is 9.95. The number of nitrogens with one attached hydrogen (secondary N) is 1. The van der Waals surface area contributed by atoms with E-state index in [2.05, 4.69) is 44.2 Å². The van der Waals surface area contributed by atoms with Gasteiger partial charge in [-0.2, -0.15) is 11.8 Å². The van der Waals surface area contributed by atoms with Gasteiger partial charge >= 0.3 is 0 Å². The van der Waals surface area contributed by atoms with Crippen molar-refractivity contribution in [1.82, 2.24) is 10.2 Å². The van der Waals surface area contributed by atoms with Crippen molar-refractivity contribution >= 4 is 11.8 Å². The van der Waals surface area contributed by atoms with Gasteiger partial charge in [-0.05, 0) is 30.8 Å². The number of hydrogen-bond acceptors (Lipinski definition) is 3. The second kappa shape index (κ2) is 7.65. The van der Waals surface area contributed by atoms with Crippen LogP contribution in [0.2, 0.25) is 0 Å². The normalized spacial score (nSPS) is 30.2. The van der Waals surface area contributed by atoms with Crippen molar-refractivity contribution in [2.24, 2.45) is 11.8 Å². The van der Waals surface area contributed by atoms with Gasteiger partial charge in [-0.3, -0.25) is 4.90 Å². The van der Waals surface area contributed by atoms with Crippen LogP contribution in [0.4, 0.5) is 0 Å². The highest BCUT2D eigenvalue weighted by Crippen LogP contribution is 2.17. The summed E-state index contributed by atoms with van der Waals surface area (Å²) in [4.78, 5) is 2.69. The molecule has 17 heavy (non-hydrogen) atoms. The van der Waals surface area contributed by atoms with E-state index in [9.17, 15) is 0 Å². The second-order valence-corrected chi connectivity index (χ2v) is 6.67. The predicted octanol–water partition coefficient (Wildman–Crippen LogP) is 2.69. The summed E-state index contributed by atoms with van der Waals surface area (Å²) in [6.07, 6.45) is 3.49. The molecule has 102 valence electrons. The number of hydrogen-bond donors (Lipinski definition) is 1. The fraction of sp³-hybridized carbons (Fsp3) is 1.00. The molecular formula is C14H30N2S. The number of thioether (sulfide) groups is 1. The second-order valence-electron chi connectivity index (χ2n) is 5.76. The molecule has 1 N–H and O–H groups in total. The van der Waals surface area contributed by atoms with Crippen LogP contribution in [0.5, 0.6) is 0 Å². The molecule has 1 aliphatic rings. The van der Waals surface area contributed by atoms with Gasteiger partial charge in [-0.1, -0.05) is 27.2 Å². The number of piperazine rings is 1. The zero-order valence-electron chi connectivity index (χ0n) is 12.2. The van der Waals surface area contributed by atoms with Crippen LogP contribution in [0.3, 0.4) is 0 Å². The first-order chi connectivity index (χ1) is 8.08. The third kappa shape index (κ3) is 4.80. The standard InChI is InChI=1S/C14H30N2S/c1-6-12(3)14-9-16(13(4)7-15-14)8-11(2)10-17-5/h11-15H,6-10H2,1-5H3. The SMILES string of the molecule is CCC(C)C1CN(CC(C)CSC)C(C)CN1. The molecule has 4 atom stereocenters. The first-order valence-corrected chi connectivity index (χ1v) is 8.44. The first-order valence-electron chi connectivity index (χ1n) is 7.04. The molecule has 0 aromatic heterocycles. The average molecular weight is 258 g/mol. The molecule has 0 aromatic carbocycles. The van der Waals surface area contributed by atoms with E-state index >= 15 is 0 Å². The van der Waals surface area contributed by atoms with E-state index in [4.69, 9.17) is 0 Å². The Morgan fingerprint density at radius 2 is 2.12 bits per heavy atom. The van der Waals surface area contributed by atoms with Gasteiger partial charge in [-0.25, -0.2) is 0 Å². The van der Waals surface area contributed by atoms with Crippen LogP contribution >= 0.6 is 11.8 Å². The van der Waals surface area contributed by atoms with E-state index in [0.29, 0.717) is 12.1 Å². The summed E-state index contributed by atoms with van der Waals surface area (Å²) in [6, 6.07) is 1.39. The first kappa shape index (κ1) is 15.3. The van der Waals surface area contributed by atoms with Crippen LogP contribution in [0.1, 0.15) is 34.1 Å². The molecule has 0 radical (unpaired) electrons. The van der Waals surface area contributed by atoms with Gasteiger partial charge in [0.2, 0.25) is 0 Å². The maximum atomic E-state index is 3.71. The van der Waals surface area contributed by atoms with E-state index in [1.165, 1.54) is 25.3 Å². The van der Waals surface area contributed by atoms with Crippen LogP contribution < -0.4 is 5.32 Å². The highest BCUT2D eigenvalue weighted by molar-refractivity contribution is 7.98. The summed E-state index contributed by atoms with van der Waals surface area (Å²) in [7, 11) is 0. The molecule has 1 fully saturated rings. The maximum Gasteiger partial charge on any atom is 0.0221 e. The molecule has 0 spiro atoms. The van der Waals surface area contributed by atoms with Gasteiger partial charge in [0.1, 0.15) is 0 Å².